The number of carbonyl (C=O) groups excluding carboxylic acids is 1. The minimum atomic E-state index is -0.0378. The van der Waals surface area contributed by atoms with Crippen LogP contribution in [0.2, 0.25) is 0 Å². The summed E-state index contributed by atoms with van der Waals surface area (Å²) in [6.07, 6.45) is 3.75. The number of rotatable bonds is 3. The molecule has 5 nitrogen and oxygen atoms in total. The van der Waals surface area contributed by atoms with Crippen molar-refractivity contribution < 1.29 is 4.79 Å². The zero-order valence-electron chi connectivity index (χ0n) is 13.3. The van der Waals surface area contributed by atoms with Gasteiger partial charge in [-0.15, -0.1) is 16.4 Å². The van der Waals surface area contributed by atoms with Crippen molar-refractivity contribution in [3.05, 3.63) is 69.7 Å². The van der Waals surface area contributed by atoms with Gasteiger partial charge in [0, 0.05) is 18.0 Å². The average Bonchev–Trinajstić information content (AvgIpc) is 3.22. The number of carbonyl (C=O) groups is 1. The fourth-order valence-corrected chi connectivity index (χ4v) is 3.77. The summed E-state index contributed by atoms with van der Waals surface area (Å²) in [5.74, 6) is -0.0378. The number of aryl methyl sites for hydroxylation is 1. The van der Waals surface area contributed by atoms with E-state index in [2.05, 4.69) is 34.6 Å². The van der Waals surface area contributed by atoms with Gasteiger partial charge in [-0.3, -0.25) is 4.79 Å². The van der Waals surface area contributed by atoms with Crippen molar-refractivity contribution in [2.75, 3.05) is 6.54 Å². The van der Waals surface area contributed by atoms with E-state index in [1.165, 1.54) is 16.0 Å². The van der Waals surface area contributed by atoms with Crippen molar-refractivity contribution in [1.82, 2.24) is 19.9 Å². The number of benzene rings is 1. The average molecular weight is 338 g/mol. The van der Waals surface area contributed by atoms with Crippen LogP contribution in [0.1, 0.15) is 32.9 Å². The second-order valence-corrected chi connectivity index (χ2v) is 7.01. The molecule has 0 spiro atoms. The zero-order chi connectivity index (χ0) is 16.4. The fraction of sp³-hybridized carbons (Fsp3) is 0.278. The third-order valence-corrected chi connectivity index (χ3v) is 5.16. The number of hydrogen-bond acceptors (Lipinski definition) is 4. The lowest BCUT2D eigenvalue weighted by molar-refractivity contribution is 0.0740. The third-order valence-electron chi connectivity index (χ3n) is 4.30. The predicted molar refractivity (Wildman–Crippen MR) is 92.9 cm³/mol. The van der Waals surface area contributed by atoms with Crippen molar-refractivity contribution in [3.8, 4) is 0 Å². The first-order chi connectivity index (χ1) is 11.8. The molecule has 0 atom stereocenters. The third kappa shape index (κ3) is 3.10. The van der Waals surface area contributed by atoms with E-state index in [9.17, 15) is 4.79 Å². The molecule has 1 amide bonds. The van der Waals surface area contributed by atoms with Gasteiger partial charge in [-0.2, -0.15) is 0 Å². The maximum atomic E-state index is 12.8. The molecule has 0 unspecified atom stereocenters. The number of hydrogen-bond donors (Lipinski definition) is 0. The molecule has 0 bridgehead atoms. The molecule has 6 heteroatoms. The van der Waals surface area contributed by atoms with Gasteiger partial charge in [0.1, 0.15) is 0 Å². The predicted octanol–water partition coefficient (Wildman–Crippen LogP) is 2.98. The minimum absolute atomic E-state index is 0.0378. The number of amides is 1. The van der Waals surface area contributed by atoms with Crippen molar-refractivity contribution in [1.29, 1.82) is 0 Å². The lowest BCUT2D eigenvalue weighted by atomic mass is 10.0. The Morgan fingerprint density at radius 2 is 2.04 bits per heavy atom. The Morgan fingerprint density at radius 1 is 1.17 bits per heavy atom. The van der Waals surface area contributed by atoms with E-state index in [1.54, 1.807) is 22.2 Å². The minimum Gasteiger partial charge on any atom is -0.333 e. The topological polar surface area (TPSA) is 51.0 Å². The van der Waals surface area contributed by atoms with Crippen LogP contribution < -0.4 is 0 Å². The van der Waals surface area contributed by atoms with E-state index in [4.69, 9.17) is 0 Å². The largest absolute Gasteiger partial charge is 0.333 e. The van der Waals surface area contributed by atoms with Crippen LogP contribution in [0.5, 0.6) is 0 Å². The molecule has 1 aromatic carbocycles. The van der Waals surface area contributed by atoms with Gasteiger partial charge in [0.2, 0.25) is 0 Å². The van der Waals surface area contributed by atoms with Crippen LogP contribution in [-0.2, 0) is 19.5 Å². The Bertz CT molecular complexity index is 840. The maximum Gasteiger partial charge on any atom is 0.276 e. The van der Waals surface area contributed by atoms with E-state index in [-0.39, 0.29) is 5.91 Å². The summed E-state index contributed by atoms with van der Waals surface area (Å²) in [6, 6.07) is 12.4. The Morgan fingerprint density at radius 3 is 2.88 bits per heavy atom. The van der Waals surface area contributed by atoms with Gasteiger partial charge in [-0.1, -0.05) is 35.5 Å². The van der Waals surface area contributed by atoms with Crippen LogP contribution in [0.4, 0.5) is 0 Å². The highest BCUT2D eigenvalue weighted by Gasteiger charge is 2.22. The van der Waals surface area contributed by atoms with Crippen molar-refractivity contribution in [2.45, 2.75) is 25.9 Å². The smallest absolute Gasteiger partial charge is 0.276 e. The van der Waals surface area contributed by atoms with Gasteiger partial charge >= 0.3 is 0 Å². The Balaban J connectivity index is 1.50. The van der Waals surface area contributed by atoms with Crippen LogP contribution in [-0.4, -0.2) is 32.3 Å². The van der Waals surface area contributed by atoms with E-state index in [0.29, 0.717) is 18.8 Å². The standard InChI is InChI=1S/C18H18N4OS/c23-18(17-13-22(20-19-17)12-16-8-4-10-24-16)21-9-3-7-14-5-1-2-6-15(14)11-21/h1-2,4-6,8,10,13H,3,7,9,11-12H2. The molecule has 0 saturated carbocycles. The number of aromatic nitrogens is 3. The molecular formula is C18H18N4OS. The van der Waals surface area contributed by atoms with Gasteiger partial charge in [-0.25, -0.2) is 4.68 Å². The molecule has 0 saturated heterocycles. The molecule has 122 valence electrons. The monoisotopic (exact) mass is 338 g/mol. The van der Waals surface area contributed by atoms with Gasteiger partial charge in [0.25, 0.3) is 5.91 Å². The second-order valence-electron chi connectivity index (χ2n) is 5.98. The van der Waals surface area contributed by atoms with Gasteiger partial charge < -0.3 is 4.90 Å². The van der Waals surface area contributed by atoms with Gasteiger partial charge in [0.15, 0.2) is 5.69 Å². The number of nitrogens with zero attached hydrogens (tertiary/aromatic N) is 4. The molecule has 0 N–H and O–H groups in total. The maximum absolute atomic E-state index is 12.8. The van der Waals surface area contributed by atoms with Crippen LogP contribution in [0.3, 0.4) is 0 Å². The second kappa shape index (κ2) is 6.57. The lowest BCUT2D eigenvalue weighted by Gasteiger charge is -2.19. The molecule has 24 heavy (non-hydrogen) atoms. The van der Waals surface area contributed by atoms with Crippen molar-refractivity contribution >= 4 is 17.2 Å². The first-order valence-corrected chi connectivity index (χ1v) is 8.96. The summed E-state index contributed by atoms with van der Waals surface area (Å²) in [5.41, 5.74) is 2.99. The first kappa shape index (κ1) is 15.1. The highest BCUT2D eigenvalue weighted by Crippen LogP contribution is 2.19. The molecule has 1 aliphatic rings. The summed E-state index contributed by atoms with van der Waals surface area (Å²) in [6.45, 7) is 2.05. The highest BCUT2D eigenvalue weighted by molar-refractivity contribution is 7.09. The van der Waals surface area contributed by atoms with Gasteiger partial charge in [-0.05, 0) is 35.4 Å². The zero-order valence-corrected chi connectivity index (χ0v) is 14.1. The molecule has 1 aliphatic heterocycles. The summed E-state index contributed by atoms with van der Waals surface area (Å²) < 4.78 is 1.73. The van der Waals surface area contributed by atoms with Crippen LogP contribution in [0.15, 0.2) is 48.0 Å². The molecule has 0 aliphatic carbocycles. The Kier molecular flexibility index (Phi) is 4.13. The summed E-state index contributed by atoms with van der Waals surface area (Å²) in [7, 11) is 0. The van der Waals surface area contributed by atoms with Crippen LogP contribution >= 0.6 is 11.3 Å². The van der Waals surface area contributed by atoms with E-state index in [1.807, 2.05) is 22.4 Å². The SMILES string of the molecule is O=C(c1cn(Cc2cccs2)nn1)N1CCCc2ccccc2C1. The molecule has 3 heterocycles. The Hall–Kier alpha value is -2.47. The van der Waals surface area contributed by atoms with Crippen molar-refractivity contribution in [2.24, 2.45) is 0 Å². The van der Waals surface area contributed by atoms with Crippen molar-refractivity contribution in [3.63, 3.8) is 0 Å². The number of fused-ring (bicyclic) bond motifs is 1. The van der Waals surface area contributed by atoms with E-state index >= 15 is 0 Å². The quantitative estimate of drug-likeness (QED) is 0.738. The first-order valence-electron chi connectivity index (χ1n) is 8.08. The molecule has 3 aromatic rings. The van der Waals surface area contributed by atoms with Gasteiger partial charge in [0.05, 0.1) is 12.7 Å². The van der Waals surface area contributed by atoms with E-state index in [0.717, 1.165) is 19.4 Å². The summed E-state index contributed by atoms with van der Waals surface area (Å²) in [4.78, 5) is 15.9. The molecule has 0 radical (unpaired) electrons. The normalized spacial score (nSPS) is 14.2. The molecule has 4 rings (SSSR count). The molecule has 0 fully saturated rings. The lowest BCUT2D eigenvalue weighted by Crippen LogP contribution is -2.31. The van der Waals surface area contributed by atoms with E-state index < -0.39 is 0 Å². The fourth-order valence-electron chi connectivity index (χ4n) is 3.07. The number of thiophene rings is 1. The Labute approximate surface area is 144 Å². The summed E-state index contributed by atoms with van der Waals surface area (Å²) in [5, 5.41) is 10.2. The van der Waals surface area contributed by atoms with Crippen LogP contribution in [0.25, 0.3) is 0 Å². The molecule has 2 aromatic heterocycles. The van der Waals surface area contributed by atoms with Crippen LogP contribution in [0, 0.1) is 0 Å². The molecular weight excluding hydrogens is 320 g/mol. The highest BCUT2D eigenvalue weighted by atomic mass is 32.1. The summed E-state index contributed by atoms with van der Waals surface area (Å²) >= 11 is 1.67.